The van der Waals surface area contributed by atoms with Crippen LogP contribution in [0.15, 0.2) is 60.7 Å². The van der Waals surface area contributed by atoms with E-state index in [-0.39, 0.29) is 18.2 Å². The van der Waals surface area contributed by atoms with Crippen LogP contribution in [0.3, 0.4) is 0 Å². The molecular weight excluding hydrogens is 618 g/mol. The predicted octanol–water partition coefficient (Wildman–Crippen LogP) is 2.03. The molecule has 268 valence electrons. The van der Waals surface area contributed by atoms with Gasteiger partial charge < -0.3 is 37.6 Å². The highest BCUT2D eigenvalue weighted by Gasteiger charge is 2.41. The molecule has 8 N–H and O–H groups in total. The van der Waals surface area contributed by atoms with Crippen molar-refractivity contribution in [1.82, 2.24) is 26.2 Å². The Bertz CT molecular complexity index is 1340. The van der Waals surface area contributed by atoms with Gasteiger partial charge in [-0.1, -0.05) is 74.5 Å². The Kier molecular flexibility index (Phi) is 14.6. The van der Waals surface area contributed by atoms with Crippen LogP contribution < -0.4 is 32.7 Å². The van der Waals surface area contributed by atoms with Crippen LogP contribution >= 0.6 is 0 Å². The fourth-order valence-electron chi connectivity index (χ4n) is 6.62. The molecule has 11 heteroatoms. The average molecular weight is 676 g/mol. The van der Waals surface area contributed by atoms with Crippen LogP contribution in [-0.2, 0) is 32.0 Å². The Morgan fingerprint density at radius 2 is 1.29 bits per heavy atom. The van der Waals surface area contributed by atoms with Crippen LogP contribution in [0, 0.1) is 11.3 Å². The summed E-state index contributed by atoms with van der Waals surface area (Å²) < 4.78 is 0. The molecule has 2 fully saturated rings. The standard InChI is InChI=1S/C38H57N7O4/c1-27(2)16-17-31(35(47)43-32(15-9-10-20-39)37(49)45-21-18-38(19-22-45)25-41-26-38)42-36(48)33(24-29-13-7-4-8-14-29)44-34(46)30(40)23-28-11-5-3-6-12-28/h3-8,11-14,27,30-33,41H,9-10,15-26,39-40H2,1-2H3,(H,42,48)(H,43,47)(H,44,46)/t30-,31-,32-,33-/m1/s1. The zero-order valence-corrected chi connectivity index (χ0v) is 29.3. The number of amides is 4. The molecule has 0 saturated carbocycles. The number of carbonyl (C=O) groups excluding carboxylic acids is 4. The van der Waals surface area contributed by atoms with E-state index in [1.165, 1.54) is 0 Å². The average Bonchev–Trinajstić information content (AvgIpc) is 3.09. The number of benzene rings is 2. The lowest BCUT2D eigenvalue weighted by molar-refractivity contribution is -0.140. The molecule has 2 saturated heterocycles. The number of hydrogen-bond acceptors (Lipinski definition) is 7. The Morgan fingerprint density at radius 1 is 0.735 bits per heavy atom. The monoisotopic (exact) mass is 675 g/mol. The molecule has 1 spiro atoms. The smallest absolute Gasteiger partial charge is 0.245 e. The van der Waals surface area contributed by atoms with Gasteiger partial charge in [0.1, 0.15) is 18.1 Å². The maximum atomic E-state index is 14.0. The van der Waals surface area contributed by atoms with Crippen molar-refractivity contribution in [1.29, 1.82) is 0 Å². The van der Waals surface area contributed by atoms with E-state index in [1.807, 2.05) is 65.6 Å². The molecule has 0 aliphatic carbocycles. The number of hydrogen-bond donors (Lipinski definition) is 6. The van der Waals surface area contributed by atoms with Gasteiger partial charge in [0.05, 0.1) is 6.04 Å². The number of carbonyl (C=O) groups is 4. The Morgan fingerprint density at radius 3 is 1.84 bits per heavy atom. The molecule has 0 unspecified atom stereocenters. The molecule has 2 aliphatic heterocycles. The van der Waals surface area contributed by atoms with Crippen LogP contribution in [-0.4, -0.2) is 85.4 Å². The van der Waals surface area contributed by atoms with Crippen molar-refractivity contribution in [3.05, 3.63) is 71.8 Å². The number of nitrogens with two attached hydrogens (primary N) is 2. The molecular formula is C38H57N7O4. The van der Waals surface area contributed by atoms with Gasteiger partial charge in [-0.15, -0.1) is 0 Å². The number of nitrogens with one attached hydrogen (secondary N) is 4. The summed E-state index contributed by atoms with van der Waals surface area (Å²) in [5, 5.41) is 12.2. The van der Waals surface area contributed by atoms with Gasteiger partial charge in [0.15, 0.2) is 0 Å². The third-order valence-corrected chi connectivity index (χ3v) is 9.91. The van der Waals surface area contributed by atoms with E-state index in [1.54, 1.807) is 0 Å². The van der Waals surface area contributed by atoms with Crippen molar-refractivity contribution in [2.45, 2.75) is 95.8 Å². The predicted molar refractivity (Wildman–Crippen MR) is 192 cm³/mol. The first-order chi connectivity index (χ1) is 23.6. The minimum absolute atomic E-state index is 0.0805. The topological polar surface area (TPSA) is 172 Å². The van der Waals surface area contributed by atoms with Gasteiger partial charge in [-0.2, -0.15) is 0 Å². The molecule has 2 aromatic carbocycles. The van der Waals surface area contributed by atoms with E-state index in [2.05, 4.69) is 35.1 Å². The first kappa shape index (κ1) is 38.0. The van der Waals surface area contributed by atoms with E-state index < -0.39 is 41.9 Å². The highest BCUT2D eigenvalue weighted by atomic mass is 16.2. The number of piperidine rings is 1. The van der Waals surface area contributed by atoms with Gasteiger partial charge in [-0.3, -0.25) is 19.2 Å². The third kappa shape index (κ3) is 11.6. The van der Waals surface area contributed by atoms with E-state index in [0.29, 0.717) is 57.2 Å². The Hall–Kier alpha value is -3.80. The maximum Gasteiger partial charge on any atom is 0.245 e. The molecule has 49 heavy (non-hydrogen) atoms. The maximum absolute atomic E-state index is 14.0. The van der Waals surface area contributed by atoms with E-state index in [0.717, 1.165) is 43.5 Å². The van der Waals surface area contributed by atoms with Crippen LogP contribution in [0.1, 0.15) is 69.9 Å². The lowest BCUT2D eigenvalue weighted by Crippen LogP contribution is -2.61. The summed E-state index contributed by atoms with van der Waals surface area (Å²) in [7, 11) is 0. The normalized spacial score (nSPS) is 17.8. The van der Waals surface area contributed by atoms with Crippen molar-refractivity contribution in [3.8, 4) is 0 Å². The van der Waals surface area contributed by atoms with Crippen molar-refractivity contribution in [3.63, 3.8) is 0 Å². The fourth-order valence-corrected chi connectivity index (χ4v) is 6.62. The third-order valence-electron chi connectivity index (χ3n) is 9.91. The molecule has 0 aromatic heterocycles. The molecule has 4 amide bonds. The highest BCUT2D eigenvalue weighted by Crippen LogP contribution is 2.35. The second-order valence-electron chi connectivity index (χ2n) is 14.4. The molecule has 0 radical (unpaired) electrons. The largest absolute Gasteiger partial charge is 0.343 e. The SMILES string of the molecule is CC(C)CC[C@@H](NC(=O)[C@@H](Cc1ccccc1)NC(=O)[C@H](N)Cc1ccccc1)C(=O)N[C@H](CCCCN)C(=O)N1CCC2(CC1)CNC2. The zero-order valence-electron chi connectivity index (χ0n) is 29.3. The van der Waals surface area contributed by atoms with Crippen LogP contribution in [0.2, 0.25) is 0 Å². The van der Waals surface area contributed by atoms with Gasteiger partial charge in [0.25, 0.3) is 0 Å². The minimum atomic E-state index is -0.963. The first-order valence-corrected chi connectivity index (χ1v) is 18.0. The van der Waals surface area contributed by atoms with Crippen LogP contribution in [0.4, 0.5) is 0 Å². The van der Waals surface area contributed by atoms with Crippen molar-refractivity contribution >= 4 is 23.6 Å². The minimum Gasteiger partial charge on any atom is -0.343 e. The van der Waals surface area contributed by atoms with Gasteiger partial charge in [0.2, 0.25) is 23.6 Å². The number of nitrogens with zero attached hydrogens (tertiary/aromatic N) is 1. The molecule has 4 atom stereocenters. The Labute approximate surface area is 291 Å². The number of rotatable bonds is 18. The van der Waals surface area contributed by atoms with Crippen molar-refractivity contribution < 1.29 is 19.2 Å². The summed E-state index contributed by atoms with van der Waals surface area (Å²) in [6, 6.07) is 15.5. The summed E-state index contributed by atoms with van der Waals surface area (Å²) in [5.41, 5.74) is 14.1. The second-order valence-corrected chi connectivity index (χ2v) is 14.4. The van der Waals surface area contributed by atoms with Crippen molar-refractivity contribution in [2.24, 2.45) is 22.8 Å². The number of likely N-dealkylation sites (tertiary alicyclic amines) is 1. The lowest BCUT2D eigenvalue weighted by atomic mass is 9.73. The zero-order chi connectivity index (χ0) is 35.2. The van der Waals surface area contributed by atoms with Crippen molar-refractivity contribution in [2.75, 3.05) is 32.7 Å². The van der Waals surface area contributed by atoms with E-state index >= 15 is 0 Å². The van der Waals surface area contributed by atoms with E-state index in [4.69, 9.17) is 11.5 Å². The Balaban J connectivity index is 1.47. The lowest BCUT2D eigenvalue weighted by Gasteiger charge is -2.48. The second kappa shape index (κ2) is 18.8. The molecule has 0 bridgehead atoms. The van der Waals surface area contributed by atoms with E-state index in [9.17, 15) is 19.2 Å². The molecule has 4 rings (SSSR count). The summed E-state index contributed by atoms with van der Waals surface area (Å²) >= 11 is 0. The van der Waals surface area contributed by atoms with Gasteiger partial charge in [-0.05, 0) is 80.4 Å². The van der Waals surface area contributed by atoms with Crippen LogP contribution in [0.5, 0.6) is 0 Å². The molecule has 2 heterocycles. The summed E-state index contributed by atoms with van der Waals surface area (Å²) in [6.07, 6.45) is 5.43. The van der Waals surface area contributed by atoms with Gasteiger partial charge in [-0.25, -0.2) is 0 Å². The fraction of sp³-hybridized carbons (Fsp3) is 0.579. The highest BCUT2D eigenvalue weighted by molar-refractivity contribution is 5.95. The molecule has 11 nitrogen and oxygen atoms in total. The van der Waals surface area contributed by atoms with Gasteiger partial charge in [0, 0.05) is 32.6 Å². The van der Waals surface area contributed by atoms with Crippen LogP contribution in [0.25, 0.3) is 0 Å². The van der Waals surface area contributed by atoms with Gasteiger partial charge >= 0.3 is 0 Å². The number of unbranched alkanes of at least 4 members (excludes halogenated alkanes) is 1. The first-order valence-electron chi connectivity index (χ1n) is 18.0. The summed E-state index contributed by atoms with van der Waals surface area (Å²) in [6.45, 7) is 7.95. The summed E-state index contributed by atoms with van der Waals surface area (Å²) in [4.78, 5) is 56.9. The summed E-state index contributed by atoms with van der Waals surface area (Å²) in [5.74, 6) is -1.12. The molecule has 2 aliphatic rings. The quantitative estimate of drug-likeness (QED) is 0.131. The molecule has 2 aromatic rings.